The lowest BCUT2D eigenvalue weighted by Crippen LogP contribution is -3.00. The highest BCUT2D eigenvalue weighted by Gasteiger charge is 2.22. The van der Waals surface area contributed by atoms with Crippen molar-refractivity contribution < 1.29 is 21.5 Å². The second-order valence-electron chi connectivity index (χ2n) is 3.39. The third-order valence-electron chi connectivity index (χ3n) is 2.86. The van der Waals surface area contributed by atoms with Gasteiger partial charge in [-0.15, -0.1) is 0 Å². The number of allylic oxidation sites excluding steroid dienone is 1. The van der Waals surface area contributed by atoms with Crippen molar-refractivity contribution in [2.24, 2.45) is 0 Å². The van der Waals surface area contributed by atoms with Gasteiger partial charge in [-0.25, -0.2) is 0 Å². The second kappa shape index (κ2) is 8.14. The standard InChI is InChI=1S/C10H20BrClN.BrH/c1-5-13(6-2,7-3)8-10(11)9(4)12;/h5-8H2,1-4H3;1H/q+1;/p-1/b10-9+;. The Bertz CT molecular complexity index is 176. The van der Waals surface area contributed by atoms with Crippen molar-refractivity contribution in [3.63, 3.8) is 0 Å². The predicted molar refractivity (Wildman–Crippen MR) is 64.2 cm³/mol. The Balaban J connectivity index is 0. The summed E-state index contributed by atoms with van der Waals surface area (Å²) in [6.07, 6.45) is 0. The van der Waals surface area contributed by atoms with E-state index in [0.717, 1.165) is 40.2 Å². The highest BCUT2D eigenvalue weighted by atomic mass is 79.9. The molecule has 0 heterocycles. The molecule has 0 aliphatic carbocycles. The summed E-state index contributed by atoms with van der Waals surface area (Å²) in [5, 5.41) is 0.873. The van der Waals surface area contributed by atoms with Gasteiger partial charge in [0.05, 0.1) is 24.1 Å². The maximum absolute atomic E-state index is 5.93. The van der Waals surface area contributed by atoms with Crippen molar-refractivity contribution in [3.05, 3.63) is 9.51 Å². The Kier molecular flexibility index (Phi) is 10.1. The van der Waals surface area contributed by atoms with Crippen LogP contribution in [0.4, 0.5) is 0 Å². The van der Waals surface area contributed by atoms with Crippen molar-refractivity contribution in [1.82, 2.24) is 0 Å². The summed E-state index contributed by atoms with van der Waals surface area (Å²) < 4.78 is 2.24. The maximum atomic E-state index is 5.93. The van der Waals surface area contributed by atoms with E-state index in [-0.39, 0.29) is 17.0 Å². The van der Waals surface area contributed by atoms with Gasteiger partial charge >= 0.3 is 0 Å². The number of rotatable bonds is 5. The van der Waals surface area contributed by atoms with Gasteiger partial charge in [0.2, 0.25) is 0 Å². The van der Waals surface area contributed by atoms with Gasteiger partial charge in [0.15, 0.2) is 0 Å². The Morgan fingerprint density at radius 1 is 1.14 bits per heavy atom. The fraction of sp³-hybridized carbons (Fsp3) is 0.800. The van der Waals surface area contributed by atoms with Crippen LogP contribution in [0.3, 0.4) is 0 Å². The average molecular weight is 350 g/mol. The fourth-order valence-corrected chi connectivity index (χ4v) is 2.00. The van der Waals surface area contributed by atoms with Crippen LogP contribution < -0.4 is 17.0 Å². The number of quaternary nitrogens is 1. The summed E-state index contributed by atoms with van der Waals surface area (Å²) in [5.74, 6) is 0. The summed E-state index contributed by atoms with van der Waals surface area (Å²) in [4.78, 5) is 0. The molecule has 0 saturated heterocycles. The van der Waals surface area contributed by atoms with Crippen LogP contribution in [0.25, 0.3) is 0 Å². The van der Waals surface area contributed by atoms with Crippen molar-refractivity contribution in [3.8, 4) is 0 Å². The molecule has 0 aromatic heterocycles. The van der Waals surface area contributed by atoms with E-state index in [0.29, 0.717) is 0 Å². The number of likely N-dealkylation sites (N-methyl/N-ethyl adjacent to an activating group) is 1. The van der Waals surface area contributed by atoms with Crippen LogP contribution in [-0.2, 0) is 0 Å². The molecule has 0 spiro atoms. The Morgan fingerprint density at radius 3 is 1.71 bits per heavy atom. The van der Waals surface area contributed by atoms with Crippen LogP contribution in [0.5, 0.6) is 0 Å². The van der Waals surface area contributed by atoms with E-state index in [1.807, 2.05) is 6.92 Å². The van der Waals surface area contributed by atoms with Crippen molar-refractivity contribution in [2.45, 2.75) is 27.7 Å². The average Bonchev–Trinajstić information content (AvgIpc) is 2.14. The van der Waals surface area contributed by atoms with Gasteiger partial charge in [-0.3, -0.25) is 0 Å². The lowest BCUT2D eigenvalue weighted by Gasteiger charge is -2.35. The first-order valence-electron chi connectivity index (χ1n) is 4.87. The molecule has 0 aliphatic heterocycles. The molecule has 0 N–H and O–H groups in total. The van der Waals surface area contributed by atoms with E-state index in [2.05, 4.69) is 36.7 Å². The van der Waals surface area contributed by atoms with Crippen LogP contribution in [-0.4, -0.2) is 30.7 Å². The van der Waals surface area contributed by atoms with Crippen LogP contribution in [0.15, 0.2) is 9.51 Å². The predicted octanol–water partition coefficient (Wildman–Crippen LogP) is 0.732. The number of hydrogen-bond acceptors (Lipinski definition) is 0. The van der Waals surface area contributed by atoms with E-state index in [1.165, 1.54) is 0 Å². The van der Waals surface area contributed by atoms with Gasteiger partial charge in [-0.1, -0.05) is 11.6 Å². The van der Waals surface area contributed by atoms with E-state index >= 15 is 0 Å². The topological polar surface area (TPSA) is 0 Å². The highest BCUT2D eigenvalue weighted by molar-refractivity contribution is 9.11. The first-order valence-corrected chi connectivity index (χ1v) is 6.04. The second-order valence-corrected chi connectivity index (χ2v) is 4.91. The molecule has 0 bridgehead atoms. The van der Waals surface area contributed by atoms with E-state index in [9.17, 15) is 0 Å². The molecule has 1 nitrogen and oxygen atoms in total. The third-order valence-corrected chi connectivity index (χ3v) is 4.16. The molecule has 14 heavy (non-hydrogen) atoms. The zero-order valence-electron chi connectivity index (χ0n) is 9.41. The molecular formula is C10H20Br2ClN. The molecule has 0 rings (SSSR count). The number of nitrogens with zero attached hydrogens (tertiary/aromatic N) is 1. The molecule has 0 unspecified atom stereocenters. The summed E-state index contributed by atoms with van der Waals surface area (Å²) in [7, 11) is 0. The monoisotopic (exact) mass is 347 g/mol. The number of halogens is 3. The van der Waals surface area contributed by atoms with Crippen molar-refractivity contribution in [1.29, 1.82) is 0 Å². The first kappa shape index (κ1) is 17.3. The number of hydrogen-bond donors (Lipinski definition) is 0. The van der Waals surface area contributed by atoms with Gasteiger partial charge < -0.3 is 21.5 Å². The van der Waals surface area contributed by atoms with Gasteiger partial charge in [-0.05, 0) is 43.6 Å². The Labute approximate surface area is 112 Å². The minimum atomic E-state index is 0. The third kappa shape index (κ3) is 5.15. The molecule has 0 saturated carbocycles. The minimum absolute atomic E-state index is 0. The molecule has 86 valence electrons. The smallest absolute Gasteiger partial charge is 0.112 e. The zero-order chi connectivity index (χ0) is 10.5. The lowest BCUT2D eigenvalue weighted by atomic mass is 10.3. The Hall–Kier alpha value is 0.950. The van der Waals surface area contributed by atoms with E-state index in [4.69, 9.17) is 11.6 Å². The molecule has 0 aromatic carbocycles. The summed E-state index contributed by atoms with van der Waals surface area (Å²) in [6, 6.07) is 0. The van der Waals surface area contributed by atoms with Crippen molar-refractivity contribution >= 4 is 27.5 Å². The quantitative estimate of drug-likeness (QED) is 0.642. The highest BCUT2D eigenvalue weighted by Crippen LogP contribution is 2.20. The van der Waals surface area contributed by atoms with Crippen LogP contribution in [0, 0.1) is 0 Å². The SMILES string of the molecule is CC[N+](CC)(CC)C/C(Br)=C(/C)Cl.[Br-]. The minimum Gasteiger partial charge on any atom is -1.00 e. The lowest BCUT2D eigenvalue weighted by molar-refractivity contribution is -0.918. The first-order chi connectivity index (χ1) is 6.01. The van der Waals surface area contributed by atoms with Crippen LogP contribution >= 0.6 is 27.5 Å². The molecule has 0 amide bonds. The normalized spacial score (nSPS) is 13.3. The van der Waals surface area contributed by atoms with E-state index < -0.39 is 0 Å². The molecule has 0 fully saturated rings. The van der Waals surface area contributed by atoms with Gasteiger partial charge in [-0.2, -0.15) is 0 Å². The van der Waals surface area contributed by atoms with Gasteiger partial charge in [0.1, 0.15) is 6.54 Å². The molecule has 4 heteroatoms. The molecular weight excluding hydrogens is 329 g/mol. The van der Waals surface area contributed by atoms with Crippen LogP contribution in [0.2, 0.25) is 0 Å². The Morgan fingerprint density at radius 2 is 1.50 bits per heavy atom. The summed E-state index contributed by atoms with van der Waals surface area (Å²) in [6.45, 7) is 13.1. The zero-order valence-corrected chi connectivity index (χ0v) is 13.3. The summed E-state index contributed by atoms with van der Waals surface area (Å²) in [5.41, 5.74) is 0. The van der Waals surface area contributed by atoms with Crippen LogP contribution in [0.1, 0.15) is 27.7 Å². The fourth-order valence-electron chi connectivity index (χ4n) is 1.41. The van der Waals surface area contributed by atoms with E-state index in [1.54, 1.807) is 0 Å². The van der Waals surface area contributed by atoms with Gasteiger partial charge in [0, 0.05) is 5.03 Å². The largest absolute Gasteiger partial charge is 1.00 e. The molecule has 0 aliphatic rings. The molecule has 0 aromatic rings. The summed E-state index contributed by atoms with van der Waals surface area (Å²) >= 11 is 9.46. The maximum Gasteiger partial charge on any atom is 0.112 e. The van der Waals surface area contributed by atoms with Gasteiger partial charge in [0.25, 0.3) is 0 Å². The molecule has 0 atom stereocenters. The molecule has 0 radical (unpaired) electrons. The van der Waals surface area contributed by atoms with Crippen molar-refractivity contribution in [2.75, 3.05) is 26.2 Å².